The van der Waals surface area contributed by atoms with E-state index in [4.69, 9.17) is 14.2 Å². The molecule has 0 aromatic heterocycles. The summed E-state index contributed by atoms with van der Waals surface area (Å²) in [6.45, 7) is 4.14. The molecule has 1 aliphatic rings. The Morgan fingerprint density at radius 3 is 1.54 bits per heavy atom. The van der Waals surface area contributed by atoms with Gasteiger partial charge in [0.1, 0.15) is 24.4 Å². The van der Waals surface area contributed by atoms with E-state index in [9.17, 15) is 35.1 Å². The van der Waals surface area contributed by atoms with Crippen molar-refractivity contribution in [2.24, 2.45) is 0 Å². The number of aliphatic hydroxyl groups excluding tert-OH is 5. The van der Waals surface area contributed by atoms with E-state index in [2.05, 4.69) is 92.1 Å². The predicted molar refractivity (Wildman–Crippen MR) is 292 cm³/mol. The fraction of sp³-hybridized carbons (Fsp3) is 0.733. The summed E-state index contributed by atoms with van der Waals surface area (Å²) in [5.74, 6) is -0.267. The topological polar surface area (TPSA) is 175 Å². The van der Waals surface area contributed by atoms with E-state index in [0.29, 0.717) is 25.9 Å². The molecule has 0 radical (unpaired) electrons. The zero-order valence-electron chi connectivity index (χ0n) is 44.7. The van der Waals surface area contributed by atoms with Gasteiger partial charge in [-0.1, -0.05) is 170 Å². The second-order valence-corrected chi connectivity index (χ2v) is 19.3. The lowest BCUT2D eigenvalue weighted by atomic mass is 9.99. The van der Waals surface area contributed by atoms with Crippen LogP contribution in [0.3, 0.4) is 0 Å². The van der Waals surface area contributed by atoms with Crippen molar-refractivity contribution in [1.29, 1.82) is 0 Å². The molecule has 1 saturated heterocycles. The minimum absolute atomic E-state index is 0.0504. The lowest BCUT2D eigenvalue weighted by molar-refractivity contribution is -0.302. The molecule has 1 fully saturated rings. The van der Waals surface area contributed by atoms with Crippen LogP contribution in [0.25, 0.3) is 0 Å². The molecule has 7 unspecified atom stereocenters. The Labute approximate surface area is 432 Å². The average molecular weight is 998 g/mol. The first kappa shape index (κ1) is 65.9. The molecule has 11 nitrogen and oxygen atoms in total. The van der Waals surface area contributed by atoms with E-state index in [1.807, 2.05) is 6.08 Å². The highest BCUT2D eigenvalue weighted by molar-refractivity contribution is 5.76. The third-order valence-electron chi connectivity index (χ3n) is 12.7. The van der Waals surface area contributed by atoms with Gasteiger partial charge in [0.25, 0.3) is 0 Å². The number of esters is 1. The first-order valence-corrected chi connectivity index (χ1v) is 28.4. The number of carbonyl (C=O) groups excluding carboxylic acids is 2. The minimum Gasteiger partial charge on any atom is -0.466 e. The summed E-state index contributed by atoms with van der Waals surface area (Å²) in [5.41, 5.74) is 0. The van der Waals surface area contributed by atoms with Gasteiger partial charge in [-0.2, -0.15) is 0 Å². The molecule has 7 atom stereocenters. The number of aliphatic hydroxyl groups is 5. The second-order valence-electron chi connectivity index (χ2n) is 19.3. The molecule has 408 valence electrons. The van der Waals surface area contributed by atoms with E-state index in [0.717, 1.165) is 122 Å². The van der Waals surface area contributed by atoms with Gasteiger partial charge >= 0.3 is 5.97 Å². The standard InChI is InChI=1S/C60H103NO10/c1-3-5-7-9-11-13-15-22-26-30-34-38-42-46-53(63)52(51-70-60-59(68)58(67)57(66)54(50-62)71-60)61-55(64)47-43-39-35-31-27-24-20-18-17-19-21-25-29-33-37-41-45-49-69-56(65)48-44-40-36-32-28-23-16-14-12-10-8-6-4-2/h8,10-11,13-14,16-17,19,25-26,29-30,42,46,52-54,57-60,62-63,66-68H,3-7,9,12,15,18,20-24,27-28,31-41,43-45,47-51H2,1-2H3,(H,61,64)/b10-8-,13-11+,16-14-,19-17-,29-25-,30-26+,46-42+. The van der Waals surface area contributed by atoms with E-state index in [1.54, 1.807) is 6.08 Å². The van der Waals surface area contributed by atoms with Crippen LogP contribution in [0.5, 0.6) is 0 Å². The van der Waals surface area contributed by atoms with Gasteiger partial charge in [-0.3, -0.25) is 9.59 Å². The largest absolute Gasteiger partial charge is 0.466 e. The van der Waals surface area contributed by atoms with Crippen LogP contribution < -0.4 is 5.32 Å². The van der Waals surface area contributed by atoms with Gasteiger partial charge in [0.2, 0.25) is 5.91 Å². The number of unbranched alkanes of at least 4 members (excludes halogenated alkanes) is 21. The smallest absolute Gasteiger partial charge is 0.305 e. The van der Waals surface area contributed by atoms with Crippen LogP contribution in [0.2, 0.25) is 0 Å². The molecular weight excluding hydrogens is 895 g/mol. The van der Waals surface area contributed by atoms with Crippen molar-refractivity contribution in [1.82, 2.24) is 5.32 Å². The third kappa shape index (κ3) is 39.0. The summed E-state index contributed by atoms with van der Waals surface area (Å²) < 4.78 is 16.6. The Hall–Kier alpha value is -3.16. The summed E-state index contributed by atoms with van der Waals surface area (Å²) in [5, 5.41) is 54.3. The summed E-state index contributed by atoms with van der Waals surface area (Å²) >= 11 is 0. The molecule has 71 heavy (non-hydrogen) atoms. The SMILES string of the molecule is CCC/C=C\C/C=C\CCCCCCCC(=O)OCCCCC/C=C\C/C=C\CCCCCCCCCC(=O)NC(COC1OC(CO)C(O)C(O)C1O)C(O)/C=C/CC/C=C/CC/C=C/CCCCC. The van der Waals surface area contributed by atoms with Gasteiger partial charge in [0.15, 0.2) is 6.29 Å². The maximum atomic E-state index is 13.0. The van der Waals surface area contributed by atoms with Crippen molar-refractivity contribution < 1.29 is 49.3 Å². The molecule has 0 aliphatic carbocycles. The van der Waals surface area contributed by atoms with Gasteiger partial charge in [0.05, 0.1) is 32.0 Å². The summed E-state index contributed by atoms with van der Waals surface area (Å²) in [6.07, 6.45) is 55.2. The van der Waals surface area contributed by atoms with Gasteiger partial charge in [-0.05, 0) is 122 Å². The number of hydrogen-bond donors (Lipinski definition) is 6. The molecule has 0 saturated carbocycles. The second kappa shape index (κ2) is 49.1. The Morgan fingerprint density at radius 1 is 0.521 bits per heavy atom. The van der Waals surface area contributed by atoms with Crippen molar-refractivity contribution >= 4 is 11.9 Å². The van der Waals surface area contributed by atoms with Crippen molar-refractivity contribution in [2.75, 3.05) is 19.8 Å². The number of amides is 1. The maximum absolute atomic E-state index is 13.0. The van der Waals surface area contributed by atoms with E-state index >= 15 is 0 Å². The zero-order valence-corrected chi connectivity index (χ0v) is 44.7. The third-order valence-corrected chi connectivity index (χ3v) is 12.7. The average Bonchev–Trinajstić information content (AvgIpc) is 3.37. The van der Waals surface area contributed by atoms with Crippen LogP contribution in [-0.4, -0.2) is 100 Å². The van der Waals surface area contributed by atoms with E-state index in [-0.39, 0.29) is 18.5 Å². The van der Waals surface area contributed by atoms with Crippen molar-refractivity contribution in [3.05, 3.63) is 85.1 Å². The number of ether oxygens (including phenoxy) is 3. The number of nitrogens with one attached hydrogen (secondary N) is 1. The Bertz CT molecular complexity index is 1450. The Balaban J connectivity index is 2.17. The van der Waals surface area contributed by atoms with E-state index < -0.39 is 49.5 Å². The minimum atomic E-state index is -1.59. The van der Waals surface area contributed by atoms with Gasteiger partial charge in [0, 0.05) is 12.8 Å². The highest BCUT2D eigenvalue weighted by Crippen LogP contribution is 2.22. The van der Waals surface area contributed by atoms with Gasteiger partial charge in [-0.15, -0.1) is 0 Å². The molecule has 0 aromatic rings. The first-order valence-electron chi connectivity index (χ1n) is 28.4. The zero-order chi connectivity index (χ0) is 51.7. The van der Waals surface area contributed by atoms with E-state index in [1.165, 1.54) is 64.2 Å². The molecule has 0 aromatic carbocycles. The Morgan fingerprint density at radius 2 is 0.986 bits per heavy atom. The highest BCUT2D eigenvalue weighted by atomic mass is 16.7. The normalized spacial score (nSPS) is 19.8. The van der Waals surface area contributed by atoms with Crippen molar-refractivity contribution in [3.8, 4) is 0 Å². The van der Waals surface area contributed by atoms with Crippen LogP contribution >= 0.6 is 0 Å². The van der Waals surface area contributed by atoms with Crippen LogP contribution in [0, 0.1) is 0 Å². The quantitative estimate of drug-likeness (QED) is 0.0196. The summed E-state index contributed by atoms with van der Waals surface area (Å²) in [6, 6.07) is -0.849. The first-order chi connectivity index (χ1) is 34.7. The fourth-order valence-corrected chi connectivity index (χ4v) is 8.12. The van der Waals surface area contributed by atoms with Gasteiger partial charge in [-0.25, -0.2) is 0 Å². The highest BCUT2D eigenvalue weighted by Gasteiger charge is 2.44. The molecule has 0 bridgehead atoms. The number of carbonyl (C=O) groups is 2. The van der Waals surface area contributed by atoms with Crippen LogP contribution in [0.15, 0.2) is 85.1 Å². The number of allylic oxidation sites excluding steroid dienone is 13. The van der Waals surface area contributed by atoms with Crippen molar-refractivity contribution in [3.63, 3.8) is 0 Å². The fourth-order valence-electron chi connectivity index (χ4n) is 8.12. The predicted octanol–water partition coefficient (Wildman–Crippen LogP) is 12.6. The summed E-state index contributed by atoms with van der Waals surface area (Å²) in [7, 11) is 0. The monoisotopic (exact) mass is 998 g/mol. The molecular formula is C60H103NO10. The molecule has 6 N–H and O–H groups in total. The lowest BCUT2D eigenvalue weighted by Crippen LogP contribution is -2.60. The molecule has 0 spiro atoms. The summed E-state index contributed by atoms with van der Waals surface area (Å²) in [4.78, 5) is 25.0. The number of hydrogen-bond acceptors (Lipinski definition) is 10. The van der Waals surface area contributed by atoms with Crippen LogP contribution in [0.4, 0.5) is 0 Å². The molecule has 11 heteroatoms. The maximum Gasteiger partial charge on any atom is 0.305 e. The Kier molecular flexibility index (Phi) is 45.5. The molecule has 1 aliphatic heterocycles. The van der Waals surface area contributed by atoms with Crippen molar-refractivity contribution in [2.45, 2.75) is 262 Å². The van der Waals surface area contributed by atoms with Crippen LogP contribution in [0.1, 0.15) is 219 Å². The lowest BCUT2D eigenvalue weighted by Gasteiger charge is -2.40. The molecule has 1 amide bonds. The molecule has 1 rings (SSSR count). The van der Waals surface area contributed by atoms with Gasteiger partial charge < -0.3 is 45.1 Å². The molecule has 1 heterocycles. The number of rotatable bonds is 47. The van der Waals surface area contributed by atoms with Crippen LogP contribution in [-0.2, 0) is 23.8 Å².